The normalized spacial score (nSPS) is 12.5. The molecule has 0 saturated heterocycles. The summed E-state index contributed by atoms with van der Waals surface area (Å²) < 4.78 is 11.2. The Morgan fingerprint density at radius 2 is 1.32 bits per heavy atom. The molecule has 8 aromatic rings. The molecular weight excluding hydrogens is 719 g/mol. The van der Waals surface area contributed by atoms with Gasteiger partial charge in [-0.25, -0.2) is 4.98 Å². The molecule has 2 aromatic heterocycles. The molecule has 2 heterocycles. The lowest BCUT2D eigenvalue weighted by Crippen LogP contribution is -2.12. The first-order chi connectivity index (χ1) is 28.4. The number of aromatic hydroxyl groups is 1. The lowest BCUT2D eigenvalue weighted by molar-refractivity contribution is 0.448. The van der Waals surface area contributed by atoms with E-state index >= 15 is 0 Å². The predicted octanol–water partition coefficient (Wildman–Crippen LogP) is 14.8. The van der Waals surface area contributed by atoms with Crippen molar-refractivity contribution in [3.8, 4) is 67.5 Å². The molecule has 0 aliphatic carbocycles. The van der Waals surface area contributed by atoms with Gasteiger partial charge in [0.1, 0.15) is 11.6 Å². The molecule has 296 valence electrons. The monoisotopic (exact) mass is 774 g/mol. The number of hydrogen-bond acceptors (Lipinski definition) is 3. The van der Waals surface area contributed by atoms with Gasteiger partial charge in [-0.3, -0.25) is 9.55 Å². The second-order valence-corrected chi connectivity index (χ2v) is 18.3. The van der Waals surface area contributed by atoms with Crippen molar-refractivity contribution >= 4 is 11.0 Å². The molecule has 0 saturated carbocycles. The van der Waals surface area contributed by atoms with Gasteiger partial charge in [0.2, 0.25) is 0 Å². The molecular formula is C55H55N3O. The second kappa shape index (κ2) is 15.2. The summed E-state index contributed by atoms with van der Waals surface area (Å²) in [6.45, 7) is 21.2. The Bertz CT molecular complexity index is 2880. The Balaban J connectivity index is 1.43. The Morgan fingerprint density at radius 1 is 0.593 bits per heavy atom. The quantitative estimate of drug-likeness (QED) is 0.175. The second-order valence-electron chi connectivity index (χ2n) is 18.3. The third-order valence-electron chi connectivity index (χ3n) is 11.4. The number of aromatic nitrogens is 3. The van der Waals surface area contributed by atoms with Crippen molar-refractivity contribution in [3.63, 3.8) is 0 Å². The fourth-order valence-corrected chi connectivity index (χ4v) is 8.05. The van der Waals surface area contributed by atoms with E-state index < -0.39 is 5.89 Å². The third kappa shape index (κ3) is 7.72. The summed E-state index contributed by atoms with van der Waals surface area (Å²) >= 11 is 0. The zero-order valence-corrected chi connectivity index (χ0v) is 36.1. The summed E-state index contributed by atoms with van der Waals surface area (Å²) in [5.41, 5.74) is 16.4. The van der Waals surface area contributed by atoms with Crippen LogP contribution in [-0.2, 0) is 10.8 Å². The summed E-state index contributed by atoms with van der Waals surface area (Å²) in [5, 5.41) is 12.2. The number of para-hydroxylation sites is 1. The summed E-state index contributed by atoms with van der Waals surface area (Å²) in [7, 11) is 0. The number of fused-ring (bicyclic) bond motifs is 1. The first-order valence-corrected chi connectivity index (χ1v) is 20.6. The van der Waals surface area contributed by atoms with Gasteiger partial charge in [-0.05, 0) is 118 Å². The maximum absolute atomic E-state index is 12.2. The van der Waals surface area contributed by atoms with Crippen LogP contribution in [0.15, 0.2) is 140 Å². The van der Waals surface area contributed by atoms with Crippen LogP contribution in [0.3, 0.4) is 0 Å². The van der Waals surface area contributed by atoms with Crippen LogP contribution in [0.1, 0.15) is 90.5 Å². The van der Waals surface area contributed by atoms with Crippen molar-refractivity contribution in [2.75, 3.05) is 0 Å². The van der Waals surface area contributed by atoms with Gasteiger partial charge in [-0.15, -0.1) is 0 Å². The van der Waals surface area contributed by atoms with Crippen molar-refractivity contribution in [2.45, 2.75) is 86.0 Å². The van der Waals surface area contributed by atoms with Crippen LogP contribution in [0.4, 0.5) is 0 Å². The van der Waals surface area contributed by atoms with Crippen LogP contribution in [0.25, 0.3) is 72.7 Å². The van der Waals surface area contributed by atoms with Crippen LogP contribution in [0.5, 0.6) is 5.75 Å². The average molecular weight is 775 g/mol. The lowest BCUT2D eigenvalue weighted by Gasteiger charge is -2.23. The minimum absolute atomic E-state index is 0.146. The SMILES string of the molecule is [2H]C(C)(C)c1ccc(-n2c(-c3cc(C)cc(C(C)(C)C)c3O)nc3c(-c4cc(-c5cc(-c6ccc(C)cc6)ccn5)cc(C(C)(C)C)c4)cccc32)c(-c2ccccc2)c1. The first kappa shape index (κ1) is 38.3. The zero-order chi connectivity index (χ0) is 42.7. The minimum Gasteiger partial charge on any atom is -0.507 e. The average Bonchev–Trinajstić information content (AvgIpc) is 3.60. The van der Waals surface area contributed by atoms with E-state index in [0.717, 1.165) is 78.0 Å². The summed E-state index contributed by atoms with van der Waals surface area (Å²) in [5.74, 6) is 0.0716. The number of aryl methyl sites for hydroxylation is 2. The van der Waals surface area contributed by atoms with E-state index in [-0.39, 0.29) is 16.6 Å². The number of benzene rings is 6. The van der Waals surface area contributed by atoms with Gasteiger partial charge in [0.05, 0.1) is 28.0 Å². The Morgan fingerprint density at radius 3 is 2.02 bits per heavy atom. The number of nitrogens with zero attached hydrogens (tertiary/aromatic N) is 3. The van der Waals surface area contributed by atoms with Crippen LogP contribution >= 0.6 is 0 Å². The molecule has 0 amide bonds. The minimum atomic E-state index is -0.810. The molecule has 0 spiro atoms. The smallest absolute Gasteiger partial charge is 0.149 e. The van der Waals surface area contributed by atoms with E-state index in [1.165, 1.54) is 11.1 Å². The Labute approximate surface area is 351 Å². The molecule has 6 aromatic carbocycles. The molecule has 0 radical (unpaired) electrons. The van der Waals surface area contributed by atoms with E-state index in [0.29, 0.717) is 11.4 Å². The number of phenols is 1. The molecule has 4 heteroatoms. The van der Waals surface area contributed by atoms with Crippen molar-refractivity contribution in [2.24, 2.45) is 0 Å². The first-order valence-electron chi connectivity index (χ1n) is 21.1. The van der Waals surface area contributed by atoms with Gasteiger partial charge in [-0.1, -0.05) is 146 Å². The van der Waals surface area contributed by atoms with Crippen LogP contribution < -0.4 is 0 Å². The Hall–Kier alpha value is -6.26. The molecule has 1 N–H and O–H groups in total. The highest BCUT2D eigenvalue weighted by molar-refractivity contribution is 5.98. The van der Waals surface area contributed by atoms with E-state index in [1.54, 1.807) is 0 Å². The molecule has 0 atom stereocenters. The predicted molar refractivity (Wildman–Crippen MR) is 249 cm³/mol. The molecule has 0 aliphatic heterocycles. The van der Waals surface area contributed by atoms with Crippen molar-refractivity contribution in [3.05, 3.63) is 167 Å². The molecule has 0 unspecified atom stereocenters. The highest BCUT2D eigenvalue weighted by Gasteiger charge is 2.27. The lowest BCUT2D eigenvalue weighted by atomic mass is 9.83. The topological polar surface area (TPSA) is 50.9 Å². The van der Waals surface area contributed by atoms with Gasteiger partial charge < -0.3 is 5.11 Å². The Kier molecular flexibility index (Phi) is 9.83. The summed E-state index contributed by atoms with van der Waals surface area (Å²) in [4.78, 5) is 10.5. The van der Waals surface area contributed by atoms with Crippen LogP contribution in [0, 0.1) is 13.8 Å². The molecule has 4 nitrogen and oxygen atoms in total. The highest BCUT2D eigenvalue weighted by atomic mass is 16.3. The number of phenolic OH excluding ortho intramolecular Hbond substituents is 1. The molecule has 0 aliphatic rings. The molecule has 59 heavy (non-hydrogen) atoms. The zero-order valence-electron chi connectivity index (χ0n) is 37.1. The summed E-state index contributed by atoms with van der Waals surface area (Å²) in [6.07, 6.45) is 1.90. The highest BCUT2D eigenvalue weighted by Crippen LogP contribution is 2.45. The largest absolute Gasteiger partial charge is 0.507 e. The number of pyridine rings is 1. The van der Waals surface area contributed by atoms with Crippen LogP contribution in [-0.4, -0.2) is 19.6 Å². The van der Waals surface area contributed by atoms with E-state index in [2.05, 4.69) is 187 Å². The van der Waals surface area contributed by atoms with Gasteiger partial charge in [0, 0.05) is 29.8 Å². The van der Waals surface area contributed by atoms with Crippen LogP contribution in [0.2, 0.25) is 0 Å². The van der Waals surface area contributed by atoms with Gasteiger partial charge in [0.25, 0.3) is 0 Å². The van der Waals surface area contributed by atoms with E-state index in [1.807, 2.05) is 26.1 Å². The fraction of sp³-hybridized carbons (Fsp3) is 0.236. The maximum atomic E-state index is 12.2. The van der Waals surface area contributed by atoms with Gasteiger partial charge in [-0.2, -0.15) is 0 Å². The number of hydrogen-bond donors (Lipinski definition) is 1. The molecule has 0 bridgehead atoms. The van der Waals surface area contributed by atoms with Gasteiger partial charge >= 0.3 is 0 Å². The van der Waals surface area contributed by atoms with Gasteiger partial charge in [0.15, 0.2) is 0 Å². The molecule has 0 fully saturated rings. The molecule has 8 rings (SSSR count). The summed E-state index contributed by atoms with van der Waals surface area (Å²) in [6, 6.07) is 46.9. The fourth-order valence-electron chi connectivity index (χ4n) is 8.05. The van der Waals surface area contributed by atoms with E-state index in [4.69, 9.17) is 11.3 Å². The number of rotatable bonds is 7. The maximum Gasteiger partial charge on any atom is 0.149 e. The van der Waals surface area contributed by atoms with E-state index in [9.17, 15) is 5.11 Å². The number of imidazole rings is 1. The third-order valence-corrected chi connectivity index (χ3v) is 11.4. The van der Waals surface area contributed by atoms with Crippen molar-refractivity contribution < 1.29 is 6.48 Å². The van der Waals surface area contributed by atoms with Crippen molar-refractivity contribution in [1.29, 1.82) is 0 Å². The van der Waals surface area contributed by atoms with Crippen molar-refractivity contribution in [1.82, 2.24) is 14.5 Å². The standard InChI is InChI=1S/C55H55N3O/c1-34(2)39-23-24-49(45(32-39)38-15-12-11-13-16-38)58-50-18-14-17-44(51(50)57-53(58)46-27-36(4)28-47(52(46)59)55(8,9)10)41-29-42(31-43(30-41)54(5,6)7)48-33-40(25-26-56-48)37-21-19-35(3)20-22-37/h11-34,59H,1-10H3/i34D.